The highest BCUT2D eigenvalue weighted by molar-refractivity contribution is 6.90. The molecule has 0 N–H and O–H groups in total. The van der Waals surface area contributed by atoms with Gasteiger partial charge in [0.1, 0.15) is 0 Å². The summed E-state index contributed by atoms with van der Waals surface area (Å²) in [4.78, 5) is 0. The third kappa shape index (κ3) is 14.6. The molecule has 2 heterocycles. The molecule has 4 unspecified atom stereocenters. The number of hydrogen-bond acceptors (Lipinski definition) is 10. The Hall–Kier alpha value is 1.34. The van der Waals surface area contributed by atoms with Crippen molar-refractivity contribution in [3.8, 4) is 0 Å². The Morgan fingerprint density at radius 2 is 0.769 bits per heavy atom. The lowest BCUT2D eigenvalue weighted by Crippen LogP contribution is -2.61. The van der Waals surface area contributed by atoms with Crippen LogP contribution >= 0.6 is 0 Å². The van der Waals surface area contributed by atoms with Gasteiger partial charge in [-0.1, -0.05) is 0 Å². The van der Waals surface area contributed by atoms with Gasteiger partial charge in [-0.3, -0.25) is 0 Å². The van der Waals surface area contributed by atoms with Crippen LogP contribution in [0.1, 0.15) is 19.3 Å². The highest BCUT2D eigenvalue weighted by atomic mass is 28.5. The third-order valence-corrected chi connectivity index (χ3v) is 37.7. The van der Waals surface area contributed by atoms with E-state index in [0.29, 0.717) is 26.4 Å². The summed E-state index contributed by atoms with van der Waals surface area (Å²) < 4.78 is 63.0. The monoisotopic (exact) mass is 692 g/mol. The van der Waals surface area contributed by atoms with Crippen LogP contribution in [0.25, 0.3) is 0 Å². The van der Waals surface area contributed by atoms with Crippen LogP contribution in [0.2, 0.25) is 90.7 Å². The minimum atomic E-state index is -2.35. The molecule has 0 bridgehead atoms. The maximum Gasteiger partial charge on any atom is 0.317 e. The van der Waals surface area contributed by atoms with Gasteiger partial charge in [0.25, 0.3) is 0 Å². The van der Waals surface area contributed by atoms with Gasteiger partial charge in [-0.05, 0) is 110 Å². The lowest BCUT2D eigenvalue weighted by molar-refractivity contribution is 0.0819. The van der Waals surface area contributed by atoms with Gasteiger partial charge in [-0.15, -0.1) is 0 Å². The van der Waals surface area contributed by atoms with Crippen molar-refractivity contribution < 1.29 is 42.4 Å². The second-order valence-electron chi connectivity index (χ2n) is 12.7. The van der Waals surface area contributed by atoms with Gasteiger partial charge in [-0.2, -0.15) is 0 Å². The van der Waals surface area contributed by atoms with Gasteiger partial charge in [0.15, 0.2) is 0 Å². The van der Waals surface area contributed by atoms with E-state index in [4.69, 9.17) is 42.4 Å². The molecule has 0 aromatic rings. The van der Waals surface area contributed by atoms with E-state index in [1.807, 2.05) is 0 Å². The molecule has 0 aromatic carbocycles. The molecule has 4 atom stereocenters. The summed E-state index contributed by atoms with van der Waals surface area (Å²) in [5, 5.41) is 0. The first-order valence-corrected chi connectivity index (χ1v) is 34.9. The van der Waals surface area contributed by atoms with Gasteiger partial charge < -0.3 is 42.4 Å². The first-order chi connectivity index (χ1) is 17.7. The van der Waals surface area contributed by atoms with Crippen LogP contribution in [-0.4, -0.2) is 96.4 Å². The molecule has 2 aliphatic rings. The number of ether oxygens (including phenoxy) is 2. The summed E-state index contributed by atoms with van der Waals surface area (Å²) in [6.45, 7) is 28.0. The van der Waals surface area contributed by atoms with Crippen LogP contribution in [0.3, 0.4) is 0 Å². The molecule has 10 nitrogen and oxygen atoms in total. The molecular weight excluding hydrogens is 637 g/mol. The zero-order chi connectivity index (χ0) is 29.6. The highest BCUT2D eigenvalue weighted by Crippen LogP contribution is 2.30. The van der Waals surface area contributed by atoms with Crippen LogP contribution in [-0.2, 0) is 42.4 Å². The summed E-state index contributed by atoms with van der Waals surface area (Å²) in [6, 6.07) is 1.77. The Bertz CT molecular complexity index is 704. The van der Waals surface area contributed by atoms with Crippen molar-refractivity contribution in [1.29, 1.82) is 0 Å². The summed E-state index contributed by atoms with van der Waals surface area (Å²) in [6.07, 6.45) is 2.70. The fourth-order valence-electron chi connectivity index (χ4n) is 5.59. The molecular formula is C21H56O10Si8. The van der Waals surface area contributed by atoms with E-state index in [2.05, 4.69) is 78.6 Å². The van der Waals surface area contributed by atoms with Crippen molar-refractivity contribution in [2.24, 2.45) is 0 Å². The van der Waals surface area contributed by atoms with Crippen LogP contribution in [0.4, 0.5) is 0 Å². The van der Waals surface area contributed by atoms with E-state index in [1.165, 1.54) is 0 Å². The predicted molar refractivity (Wildman–Crippen MR) is 173 cm³/mol. The Balaban J connectivity index is 1.60. The van der Waals surface area contributed by atoms with Gasteiger partial charge in [0, 0.05) is 26.4 Å². The van der Waals surface area contributed by atoms with Gasteiger partial charge in [0.2, 0.25) is 0 Å². The molecule has 232 valence electrons. The summed E-state index contributed by atoms with van der Waals surface area (Å²) in [7, 11) is -17.2. The van der Waals surface area contributed by atoms with Gasteiger partial charge in [-0.25, -0.2) is 0 Å². The SMILES string of the molecule is C[SiH]1O[Si](C)(C)O[Si](C)(C)O[Si](C)(CCCOCCCOCCC[Si]2(C)O[SiH](C)O[Si](C)(C)O[Si](C)(C)O2)O1. The second kappa shape index (κ2) is 14.9. The Kier molecular flexibility index (Phi) is 13.9. The molecule has 0 spiro atoms. The molecule has 0 radical (unpaired) electrons. The average Bonchev–Trinajstić information content (AvgIpc) is 2.65. The highest BCUT2D eigenvalue weighted by Gasteiger charge is 2.49. The van der Waals surface area contributed by atoms with Crippen molar-refractivity contribution in [2.75, 3.05) is 26.4 Å². The van der Waals surface area contributed by atoms with Crippen LogP contribution in [0, 0.1) is 0 Å². The average molecular weight is 693 g/mol. The Morgan fingerprint density at radius 1 is 0.436 bits per heavy atom. The zero-order valence-electron chi connectivity index (χ0n) is 26.6. The summed E-state index contributed by atoms with van der Waals surface area (Å²) >= 11 is 0. The fraction of sp³-hybridized carbons (Fsp3) is 1.00. The predicted octanol–water partition coefficient (Wildman–Crippen LogP) is 5.00. The summed E-state index contributed by atoms with van der Waals surface area (Å²) in [5.41, 5.74) is 0. The first kappa shape index (κ1) is 36.5. The quantitative estimate of drug-likeness (QED) is 0.206. The van der Waals surface area contributed by atoms with Gasteiger partial charge in [0.05, 0.1) is 0 Å². The molecule has 2 saturated heterocycles. The second-order valence-corrected chi connectivity index (χ2v) is 38.7. The molecule has 2 fully saturated rings. The molecule has 39 heavy (non-hydrogen) atoms. The lowest BCUT2D eigenvalue weighted by atomic mass is 10.4. The zero-order valence-corrected chi connectivity index (χ0v) is 34.9. The van der Waals surface area contributed by atoms with Crippen LogP contribution < -0.4 is 0 Å². The van der Waals surface area contributed by atoms with Crippen LogP contribution in [0.5, 0.6) is 0 Å². The van der Waals surface area contributed by atoms with E-state index >= 15 is 0 Å². The number of hydrogen-bond donors (Lipinski definition) is 0. The standard InChI is InChI=1S/C21H56O10Si8/c1-32-24-34(3,4)28-36(7,8)30-38(11,26-32)20-14-18-22-16-13-17-23-19-15-21-39(12)27-33(2)25-35(5,6)29-37(9,10)31-39/h32-33H,13-21H2,1-12H3. The Morgan fingerprint density at radius 3 is 1.13 bits per heavy atom. The largest absolute Gasteiger partial charge is 0.418 e. The maximum absolute atomic E-state index is 6.57. The summed E-state index contributed by atoms with van der Waals surface area (Å²) in [5.74, 6) is 0. The van der Waals surface area contributed by atoms with E-state index in [0.717, 1.165) is 31.4 Å². The number of rotatable bonds is 12. The molecule has 0 amide bonds. The minimum absolute atomic E-state index is 0.688. The lowest BCUT2D eigenvalue weighted by Gasteiger charge is -2.44. The molecule has 2 aliphatic heterocycles. The molecule has 2 rings (SSSR count). The minimum Gasteiger partial charge on any atom is -0.418 e. The van der Waals surface area contributed by atoms with Crippen molar-refractivity contribution >= 4 is 69.9 Å². The molecule has 18 heteroatoms. The van der Waals surface area contributed by atoms with E-state index in [-0.39, 0.29) is 0 Å². The van der Waals surface area contributed by atoms with Gasteiger partial charge >= 0.3 is 69.9 Å². The van der Waals surface area contributed by atoms with Crippen molar-refractivity contribution in [3.05, 3.63) is 0 Å². The van der Waals surface area contributed by atoms with Crippen LogP contribution in [0.15, 0.2) is 0 Å². The topological polar surface area (TPSA) is 92.3 Å². The van der Waals surface area contributed by atoms with Crippen molar-refractivity contribution in [3.63, 3.8) is 0 Å². The molecule has 0 saturated carbocycles. The van der Waals surface area contributed by atoms with Crippen molar-refractivity contribution in [2.45, 2.75) is 110 Å². The normalized spacial score (nSPS) is 34.5. The fourth-order valence-corrected chi connectivity index (χ4v) is 43.6. The van der Waals surface area contributed by atoms with E-state index in [9.17, 15) is 0 Å². The molecule has 0 aromatic heterocycles. The van der Waals surface area contributed by atoms with E-state index in [1.54, 1.807) is 0 Å². The smallest absolute Gasteiger partial charge is 0.317 e. The van der Waals surface area contributed by atoms with E-state index < -0.39 is 69.9 Å². The first-order valence-electron chi connectivity index (χ1n) is 14.4. The Labute approximate surface area is 247 Å². The maximum atomic E-state index is 6.57. The molecule has 0 aliphatic carbocycles. The van der Waals surface area contributed by atoms with Crippen molar-refractivity contribution in [1.82, 2.24) is 0 Å². The third-order valence-electron chi connectivity index (χ3n) is 6.05.